The first-order valence-electron chi connectivity index (χ1n) is 5.08. The second kappa shape index (κ2) is 3.71. The van der Waals surface area contributed by atoms with Crippen molar-refractivity contribution in [3.05, 3.63) is 0 Å². The summed E-state index contributed by atoms with van der Waals surface area (Å²) in [6.45, 7) is 6.72. The van der Waals surface area contributed by atoms with Gasteiger partial charge in [-0.3, -0.25) is 0 Å². The van der Waals surface area contributed by atoms with Crippen molar-refractivity contribution in [1.29, 1.82) is 0 Å². The lowest BCUT2D eigenvalue weighted by Crippen LogP contribution is -2.54. The molecule has 0 saturated heterocycles. The Bertz CT molecular complexity index is 166. The molecule has 78 valence electrons. The van der Waals surface area contributed by atoms with Gasteiger partial charge in [0.15, 0.2) is 0 Å². The van der Waals surface area contributed by atoms with Crippen LogP contribution in [0.1, 0.15) is 40.0 Å². The Labute approximate surface area is 82.9 Å². The molecule has 0 N–H and O–H groups in total. The molecule has 13 heavy (non-hydrogen) atoms. The molecule has 0 atom stereocenters. The molecule has 1 aliphatic carbocycles. The minimum absolute atomic E-state index is 0.182. The van der Waals surface area contributed by atoms with E-state index in [0.717, 1.165) is 0 Å². The molecular formula is C10H22O2Si. The van der Waals surface area contributed by atoms with Gasteiger partial charge in [-0.1, -0.05) is 27.2 Å². The number of hydrogen-bond acceptors (Lipinski definition) is 2. The summed E-state index contributed by atoms with van der Waals surface area (Å²) in [4.78, 5) is 0. The summed E-state index contributed by atoms with van der Waals surface area (Å²) < 4.78 is 11.5. The van der Waals surface area contributed by atoms with Crippen LogP contribution < -0.4 is 0 Å². The van der Waals surface area contributed by atoms with Gasteiger partial charge in [-0.25, -0.2) is 0 Å². The fourth-order valence-electron chi connectivity index (χ4n) is 2.43. The lowest BCUT2D eigenvalue weighted by Gasteiger charge is -2.47. The second-order valence-electron chi connectivity index (χ2n) is 4.95. The van der Waals surface area contributed by atoms with E-state index in [0.29, 0.717) is 5.54 Å². The van der Waals surface area contributed by atoms with Crippen LogP contribution in [0.5, 0.6) is 0 Å². The summed E-state index contributed by atoms with van der Waals surface area (Å²) in [5.74, 6) is 0. The average molecular weight is 202 g/mol. The Balaban J connectivity index is 2.84. The van der Waals surface area contributed by atoms with E-state index in [1.807, 2.05) is 14.2 Å². The Morgan fingerprint density at radius 1 is 1.08 bits per heavy atom. The molecule has 0 aromatic rings. The SMILES string of the molecule is CO[Si](OC)(C1CCC1)C(C)(C)C. The summed E-state index contributed by atoms with van der Waals surface area (Å²) in [6, 6.07) is 0. The molecule has 0 aromatic heterocycles. The maximum Gasteiger partial charge on any atom is 0.346 e. The minimum Gasteiger partial charge on any atom is -0.397 e. The zero-order valence-corrected chi connectivity index (χ0v) is 10.5. The highest BCUT2D eigenvalue weighted by molar-refractivity contribution is 6.72. The van der Waals surface area contributed by atoms with Crippen molar-refractivity contribution in [2.45, 2.75) is 50.6 Å². The van der Waals surface area contributed by atoms with Crippen LogP contribution in [0, 0.1) is 0 Å². The van der Waals surface area contributed by atoms with Gasteiger partial charge in [-0.05, 0) is 12.8 Å². The van der Waals surface area contributed by atoms with Crippen LogP contribution in [0.2, 0.25) is 10.6 Å². The molecule has 0 aromatic carbocycles. The predicted octanol–water partition coefficient (Wildman–Crippen LogP) is 3.08. The maximum absolute atomic E-state index is 5.77. The van der Waals surface area contributed by atoms with E-state index >= 15 is 0 Å². The molecular weight excluding hydrogens is 180 g/mol. The van der Waals surface area contributed by atoms with E-state index in [-0.39, 0.29) is 5.04 Å². The van der Waals surface area contributed by atoms with Gasteiger partial charge in [-0.2, -0.15) is 0 Å². The van der Waals surface area contributed by atoms with Crippen molar-refractivity contribution in [3.63, 3.8) is 0 Å². The zero-order valence-electron chi connectivity index (χ0n) is 9.52. The van der Waals surface area contributed by atoms with Crippen molar-refractivity contribution in [3.8, 4) is 0 Å². The Kier molecular flexibility index (Phi) is 3.20. The Morgan fingerprint density at radius 2 is 1.54 bits per heavy atom. The van der Waals surface area contributed by atoms with E-state index in [1.165, 1.54) is 19.3 Å². The lowest BCUT2D eigenvalue weighted by molar-refractivity contribution is 0.182. The highest BCUT2D eigenvalue weighted by atomic mass is 28.4. The fraction of sp³-hybridized carbons (Fsp3) is 1.00. The molecule has 0 spiro atoms. The molecule has 1 saturated carbocycles. The van der Waals surface area contributed by atoms with Crippen LogP contribution in [0.15, 0.2) is 0 Å². The van der Waals surface area contributed by atoms with E-state index in [1.54, 1.807) is 0 Å². The molecule has 3 heteroatoms. The summed E-state index contributed by atoms with van der Waals surface area (Å²) >= 11 is 0. The van der Waals surface area contributed by atoms with E-state index in [2.05, 4.69) is 20.8 Å². The first-order chi connectivity index (χ1) is 5.98. The molecule has 0 bridgehead atoms. The van der Waals surface area contributed by atoms with Gasteiger partial charge in [-0.15, -0.1) is 0 Å². The summed E-state index contributed by atoms with van der Waals surface area (Å²) in [5, 5.41) is 0.182. The summed E-state index contributed by atoms with van der Waals surface area (Å²) in [7, 11) is 1.68. The molecule has 0 amide bonds. The van der Waals surface area contributed by atoms with Crippen molar-refractivity contribution < 1.29 is 8.85 Å². The maximum atomic E-state index is 5.77. The van der Waals surface area contributed by atoms with Crippen molar-refractivity contribution >= 4 is 8.56 Å². The van der Waals surface area contributed by atoms with Gasteiger partial charge >= 0.3 is 8.56 Å². The van der Waals surface area contributed by atoms with Crippen LogP contribution in [0.3, 0.4) is 0 Å². The van der Waals surface area contributed by atoms with Gasteiger partial charge in [0.1, 0.15) is 0 Å². The zero-order chi connectivity index (χ0) is 10.1. The Hall–Kier alpha value is 0.137. The van der Waals surface area contributed by atoms with Crippen LogP contribution in [0.25, 0.3) is 0 Å². The molecule has 0 aliphatic heterocycles. The second-order valence-corrected chi connectivity index (χ2v) is 9.42. The smallest absolute Gasteiger partial charge is 0.346 e. The van der Waals surface area contributed by atoms with Gasteiger partial charge in [0.2, 0.25) is 0 Å². The van der Waals surface area contributed by atoms with Gasteiger partial charge < -0.3 is 8.85 Å². The topological polar surface area (TPSA) is 18.5 Å². The number of hydrogen-bond donors (Lipinski definition) is 0. The first kappa shape index (κ1) is 11.2. The molecule has 1 rings (SSSR count). The first-order valence-corrected chi connectivity index (χ1v) is 6.97. The normalized spacial score (nSPS) is 20.1. The quantitative estimate of drug-likeness (QED) is 0.655. The van der Waals surface area contributed by atoms with Crippen LogP contribution >= 0.6 is 0 Å². The number of rotatable bonds is 3. The van der Waals surface area contributed by atoms with E-state index in [9.17, 15) is 0 Å². The standard InChI is InChI=1S/C10H22O2Si/c1-10(2,3)13(11-4,12-5)9-7-6-8-9/h9H,6-8H2,1-5H3. The van der Waals surface area contributed by atoms with Gasteiger partial charge in [0, 0.05) is 24.8 Å². The molecule has 0 unspecified atom stereocenters. The molecule has 0 radical (unpaired) electrons. The fourth-order valence-corrected chi connectivity index (χ4v) is 6.88. The monoisotopic (exact) mass is 202 g/mol. The van der Waals surface area contributed by atoms with E-state index < -0.39 is 8.56 Å². The van der Waals surface area contributed by atoms with Crippen LogP contribution in [-0.4, -0.2) is 22.8 Å². The molecule has 2 nitrogen and oxygen atoms in total. The largest absolute Gasteiger partial charge is 0.397 e. The summed E-state index contributed by atoms with van der Waals surface area (Å²) in [6.07, 6.45) is 3.94. The van der Waals surface area contributed by atoms with Crippen molar-refractivity contribution in [2.75, 3.05) is 14.2 Å². The lowest BCUT2D eigenvalue weighted by atomic mass is 10.00. The molecule has 1 aliphatic rings. The minimum atomic E-state index is -1.96. The van der Waals surface area contributed by atoms with Crippen LogP contribution in [-0.2, 0) is 8.85 Å². The average Bonchev–Trinajstić information content (AvgIpc) is 1.93. The third-order valence-electron chi connectivity index (χ3n) is 3.29. The van der Waals surface area contributed by atoms with Gasteiger partial charge in [0.25, 0.3) is 0 Å². The van der Waals surface area contributed by atoms with E-state index in [4.69, 9.17) is 8.85 Å². The van der Waals surface area contributed by atoms with Crippen molar-refractivity contribution in [2.24, 2.45) is 0 Å². The molecule has 1 fully saturated rings. The van der Waals surface area contributed by atoms with Gasteiger partial charge in [0.05, 0.1) is 0 Å². The molecule has 0 heterocycles. The van der Waals surface area contributed by atoms with Crippen LogP contribution in [0.4, 0.5) is 0 Å². The summed E-state index contributed by atoms with van der Waals surface area (Å²) in [5.41, 5.74) is 0.711. The van der Waals surface area contributed by atoms with Crippen molar-refractivity contribution in [1.82, 2.24) is 0 Å². The highest BCUT2D eigenvalue weighted by Gasteiger charge is 2.55. The third-order valence-corrected chi connectivity index (χ3v) is 8.25. The predicted molar refractivity (Wildman–Crippen MR) is 57.1 cm³/mol. The highest BCUT2D eigenvalue weighted by Crippen LogP contribution is 2.52. The third kappa shape index (κ3) is 1.69. The Morgan fingerprint density at radius 3 is 1.62 bits per heavy atom.